The molecular formula is C14H24N4OS2. The van der Waals surface area contributed by atoms with E-state index in [4.69, 9.17) is 4.74 Å². The van der Waals surface area contributed by atoms with Crippen LogP contribution in [0.1, 0.15) is 16.4 Å². The number of aromatic nitrogens is 2. The van der Waals surface area contributed by atoms with Gasteiger partial charge in [-0.1, -0.05) is 0 Å². The molecule has 5 nitrogen and oxygen atoms in total. The second-order valence-electron chi connectivity index (χ2n) is 5.66. The predicted octanol–water partition coefficient (Wildman–Crippen LogP) is 1.49. The zero-order valence-corrected chi connectivity index (χ0v) is 14.3. The van der Waals surface area contributed by atoms with Crippen molar-refractivity contribution in [3.8, 4) is 0 Å². The zero-order valence-electron chi connectivity index (χ0n) is 12.7. The van der Waals surface area contributed by atoms with Crippen LogP contribution in [0.25, 0.3) is 0 Å². The predicted molar refractivity (Wildman–Crippen MR) is 88.0 cm³/mol. The van der Waals surface area contributed by atoms with Crippen LogP contribution in [0.5, 0.6) is 0 Å². The van der Waals surface area contributed by atoms with Gasteiger partial charge in [0.15, 0.2) is 0 Å². The molecule has 2 aliphatic rings. The van der Waals surface area contributed by atoms with E-state index >= 15 is 0 Å². The van der Waals surface area contributed by atoms with Gasteiger partial charge in [0.1, 0.15) is 10.0 Å². The van der Waals surface area contributed by atoms with Crippen LogP contribution >= 0.6 is 23.1 Å². The third-order valence-corrected chi connectivity index (χ3v) is 6.10. The van der Waals surface area contributed by atoms with E-state index in [-0.39, 0.29) is 0 Å². The van der Waals surface area contributed by atoms with Crippen molar-refractivity contribution in [1.82, 2.24) is 20.0 Å². The second kappa shape index (κ2) is 7.87. The summed E-state index contributed by atoms with van der Waals surface area (Å²) in [7, 11) is 0. The average Bonchev–Trinajstić information content (AvgIpc) is 3.16. The first-order valence-corrected chi connectivity index (χ1v) is 9.69. The zero-order chi connectivity index (χ0) is 14.5. The number of aryl methyl sites for hydroxylation is 1. The van der Waals surface area contributed by atoms with Gasteiger partial charge < -0.3 is 4.74 Å². The highest BCUT2D eigenvalue weighted by molar-refractivity contribution is 7.99. The Labute approximate surface area is 135 Å². The normalized spacial score (nSPS) is 24.0. The molecule has 2 aliphatic heterocycles. The Morgan fingerprint density at radius 3 is 2.86 bits per heavy atom. The molecule has 0 spiro atoms. The van der Waals surface area contributed by atoms with Gasteiger partial charge in [-0.25, -0.2) is 0 Å². The summed E-state index contributed by atoms with van der Waals surface area (Å²) in [6, 6.07) is 0.709. The first kappa shape index (κ1) is 15.7. The molecule has 1 atom stereocenters. The van der Waals surface area contributed by atoms with Crippen molar-refractivity contribution in [3.05, 3.63) is 10.0 Å². The molecule has 0 radical (unpaired) electrons. The van der Waals surface area contributed by atoms with E-state index in [1.165, 1.54) is 17.9 Å². The van der Waals surface area contributed by atoms with E-state index in [9.17, 15) is 0 Å². The Balaban J connectivity index is 1.55. The van der Waals surface area contributed by atoms with Crippen LogP contribution in [0.3, 0.4) is 0 Å². The fraction of sp³-hybridized carbons (Fsp3) is 0.857. The maximum atomic E-state index is 5.43. The third kappa shape index (κ3) is 4.63. The maximum Gasteiger partial charge on any atom is 0.131 e. The fourth-order valence-corrected chi connectivity index (χ4v) is 4.86. The van der Waals surface area contributed by atoms with Gasteiger partial charge >= 0.3 is 0 Å². The van der Waals surface area contributed by atoms with Crippen molar-refractivity contribution >= 4 is 23.1 Å². The summed E-state index contributed by atoms with van der Waals surface area (Å²) in [5.41, 5.74) is 0. The molecular weight excluding hydrogens is 304 g/mol. The van der Waals surface area contributed by atoms with Crippen LogP contribution in [-0.4, -0.2) is 76.9 Å². The van der Waals surface area contributed by atoms with Crippen LogP contribution in [0.15, 0.2) is 0 Å². The van der Waals surface area contributed by atoms with Gasteiger partial charge in [-0.3, -0.25) is 9.80 Å². The second-order valence-corrected chi connectivity index (χ2v) is 8.07. The molecule has 0 aliphatic carbocycles. The molecule has 0 N–H and O–H groups in total. The van der Waals surface area contributed by atoms with Gasteiger partial charge in [0.2, 0.25) is 0 Å². The fourth-order valence-electron chi connectivity index (χ4n) is 2.87. The molecule has 0 amide bonds. The summed E-state index contributed by atoms with van der Waals surface area (Å²) < 4.78 is 5.43. The molecule has 2 saturated heterocycles. The number of thioether (sulfide) groups is 1. The number of nitrogens with zero attached hydrogens (tertiary/aromatic N) is 4. The minimum absolute atomic E-state index is 0.709. The van der Waals surface area contributed by atoms with Gasteiger partial charge in [-0.15, -0.1) is 21.5 Å². The minimum Gasteiger partial charge on any atom is -0.379 e. The molecule has 0 aromatic carbocycles. The lowest BCUT2D eigenvalue weighted by Gasteiger charge is -2.32. The Morgan fingerprint density at radius 1 is 1.33 bits per heavy atom. The molecule has 118 valence electrons. The Hall–Kier alpha value is -0.210. The first-order valence-electron chi connectivity index (χ1n) is 7.72. The number of rotatable bonds is 6. The number of hydrogen-bond acceptors (Lipinski definition) is 7. The molecule has 7 heteroatoms. The lowest BCUT2D eigenvalue weighted by atomic mass is 10.2. The molecule has 1 unspecified atom stereocenters. The Morgan fingerprint density at radius 2 is 2.19 bits per heavy atom. The lowest BCUT2D eigenvalue weighted by molar-refractivity contribution is 0.0308. The smallest absolute Gasteiger partial charge is 0.131 e. The van der Waals surface area contributed by atoms with Crippen LogP contribution < -0.4 is 0 Å². The molecule has 21 heavy (non-hydrogen) atoms. The summed E-state index contributed by atoms with van der Waals surface area (Å²) in [5.74, 6) is 2.56. The van der Waals surface area contributed by atoms with E-state index in [1.807, 2.05) is 6.92 Å². The van der Waals surface area contributed by atoms with Crippen LogP contribution in [0.2, 0.25) is 0 Å². The van der Waals surface area contributed by atoms with Gasteiger partial charge in [-0.05, 0) is 19.1 Å². The summed E-state index contributed by atoms with van der Waals surface area (Å²) in [6.07, 6.45) is 1.31. The van der Waals surface area contributed by atoms with Gasteiger partial charge in [0, 0.05) is 38.0 Å². The molecule has 0 bridgehead atoms. The molecule has 2 fully saturated rings. The van der Waals surface area contributed by atoms with E-state index in [2.05, 4.69) is 31.8 Å². The Bertz CT molecular complexity index is 430. The first-order chi connectivity index (χ1) is 10.3. The molecule has 0 saturated carbocycles. The Kier molecular flexibility index (Phi) is 5.88. The number of morpholine rings is 1. The molecule has 3 rings (SSSR count). The number of ether oxygens (including phenoxy) is 1. The summed E-state index contributed by atoms with van der Waals surface area (Å²) in [4.78, 5) is 5.14. The minimum atomic E-state index is 0.709. The SMILES string of the molecule is Cc1nnc(CN(CCN2CCOCC2)C2CCSC2)s1. The highest BCUT2D eigenvalue weighted by atomic mass is 32.2. The summed E-state index contributed by atoms with van der Waals surface area (Å²) >= 11 is 3.81. The van der Waals surface area contributed by atoms with Crippen LogP contribution in [-0.2, 0) is 11.3 Å². The average molecular weight is 329 g/mol. The van der Waals surface area contributed by atoms with E-state index in [0.717, 1.165) is 56.0 Å². The van der Waals surface area contributed by atoms with Crippen molar-refractivity contribution < 1.29 is 4.74 Å². The van der Waals surface area contributed by atoms with E-state index < -0.39 is 0 Å². The summed E-state index contributed by atoms with van der Waals surface area (Å²) in [5, 5.41) is 10.7. The summed E-state index contributed by atoms with van der Waals surface area (Å²) in [6.45, 7) is 9.18. The molecule has 1 aromatic rings. The largest absolute Gasteiger partial charge is 0.379 e. The van der Waals surface area contributed by atoms with Crippen molar-refractivity contribution in [2.45, 2.75) is 25.9 Å². The molecule has 1 aromatic heterocycles. The standard InChI is InChI=1S/C14H24N4OS2/c1-12-15-16-14(21-12)10-18(13-2-9-20-11-13)4-3-17-5-7-19-8-6-17/h13H,2-11H2,1H3. The van der Waals surface area contributed by atoms with Gasteiger partial charge in [0.25, 0.3) is 0 Å². The topological polar surface area (TPSA) is 41.5 Å². The van der Waals surface area contributed by atoms with Gasteiger partial charge in [0.05, 0.1) is 19.8 Å². The highest BCUT2D eigenvalue weighted by Gasteiger charge is 2.24. The molecule has 3 heterocycles. The monoisotopic (exact) mass is 328 g/mol. The van der Waals surface area contributed by atoms with E-state index in [0.29, 0.717) is 6.04 Å². The van der Waals surface area contributed by atoms with Crippen LogP contribution in [0, 0.1) is 6.92 Å². The highest BCUT2D eigenvalue weighted by Crippen LogP contribution is 2.24. The number of hydrogen-bond donors (Lipinski definition) is 0. The van der Waals surface area contributed by atoms with Gasteiger partial charge in [-0.2, -0.15) is 11.8 Å². The lowest BCUT2D eigenvalue weighted by Crippen LogP contribution is -2.44. The van der Waals surface area contributed by atoms with Crippen molar-refractivity contribution in [3.63, 3.8) is 0 Å². The third-order valence-electron chi connectivity index (χ3n) is 4.14. The quantitative estimate of drug-likeness (QED) is 0.788. The van der Waals surface area contributed by atoms with Crippen molar-refractivity contribution in [2.24, 2.45) is 0 Å². The van der Waals surface area contributed by atoms with Crippen molar-refractivity contribution in [1.29, 1.82) is 0 Å². The van der Waals surface area contributed by atoms with E-state index in [1.54, 1.807) is 11.3 Å². The van der Waals surface area contributed by atoms with Crippen molar-refractivity contribution in [2.75, 3.05) is 50.9 Å². The van der Waals surface area contributed by atoms with Crippen LogP contribution in [0.4, 0.5) is 0 Å². The maximum absolute atomic E-state index is 5.43.